The average molecular weight is 488 g/mol. The smallest absolute Gasteiger partial charge is 0.269 e. The van der Waals surface area contributed by atoms with Crippen LogP contribution in [0.2, 0.25) is 0 Å². The number of carbonyl (C=O) groups is 2. The largest absolute Gasteiger partial charge is 0.383 e. The van der Waals surface area contributed by atoms with Gasteiger partial charge in [-0.25, -0.2) is 0 Å². The minimum absolute atomic E-state index is 0.00132. The van der Waals surface area contributed by atoms with Crippen LogP contribution in [0.3, 0.4) is 0 Å². The minimum Gasteiger partial charge on any atom is -0.383 e. The molecule has 1 aromatic rings. The van der Waals surface area contributed by atoms with Gasteiger partial charge in [0, 0.05) is 62.9 Å². The first kappa shape index (κ1) is 25.5. The van der Waals surface area contributed by atoms with Crippen molar-refractivity contribution in [3.05, 3.63) is 39.9 Å². The summed E-state index contributed by atoms with van der Waals surface area (Å²) in [5, 5.41) is 14.2. The molecular weight excluding hydrogens is 450 g/mol. The van der Waals surface area contributed by atoms with Crippen LogP contribution in [0.15, 0.2) is 24.3 Å². The molecule has 3 fully saturated rings. The summed E-state index contributed by atoms with van der Waals surface area (Å²) in [4.78, 5) is 41.1. The molecule has 1 heterocycles. The Morgan fingerprint density at radius 2 is 1.86 bits per heavy atom. The molecule has 2 amide bonds. The third-order valence-corrected chi connectivity index (χ3v) is 7.54. The quantitative estimate of drug-likeness (QED) is 0.380. The summed E-state index contributed by atoms with van der Waals surface area (Å²) >= 11 is 0. The molecule has 3 aliphatic rings. The molecule has 1 aliphatic heterocycles. The zero-order chi connectivity index (χ0) is 24.9. The number of ether oxygens (including phenoxy) is 1. The molecule has 0 spiro atoms. The summed E-state index contributed by atoms with van der Waals surface area (Å²) in [5.74, 6) is 0.0585. The van der Waals surface area contributed by atoms with Crippen LogP contribution in [0, 0.1) is 16.0 Å². The number of amides is 2. The summed E-state index contributed by atoms with van der Waals surface area (Å²) in [6.07, 6.45) is 5.91. The van der Waals surface area contributed by atoms with E-state index in [1.807, 2.05) is 0 Å². The Kier molecular flexibility index (Phi) is 8.35. The fourth-order valence-corrected chi connectivity index (χ4v) is 5.25. The van der Waals surface area contributed by atoms with E-state index >= 15 is 0 Å². The van der Waals surface area contributed by atoms with Gasteiger partial charge in [0.2, 0.25) is 11.8 Å². The predicted octanol–water partition coefficient (Wildman–Crippen LogP) is 1.81. The Bertz CT molecular complexity index is 898. The number of rotatable bonds is 10. The van der Waals surface area contributed by atoms with Crippen molar-refractivity contribution >= 4 is 17.5 Å². The highest BCUT2D eigenvalue weighted by Crippen LogP contribution is 2.35. The first-order valence-electron chi connectivity index (χ1n) is 12.7. The Morgan fingerprint density at radius 1 is 1.17 bits per heavy atom. The zero-order valence-electron chi connectivity index (χ0n) is 20.4. The standard InChI is InChI=1S/C25H37N5O5/c1-35-13-12-28(15-17-2-10-21(11-3-17)30(33)34)22-14-23(29(16-22)25(32)18-4-5-18)24(31)27-20-8-6-19(26)7-9-20/h2-3,10-11,18-20,22-23H,4-9,12-16,26H2,1H3,(H,27,31). The monoisotopic (exact) mass is 487 g/mol. The lowest BCUT2D eigenvalue weighted by Gasteiger charge is -2.30. The fraction of sp³-hybridized carbons (Fsp3) is 0.680. The average Bonchev–Trinajstić information content (AvgIpc) is 3.61. The van der Waals surface area contributed by atoms with Crippen LogP contribution < -0.4 is 11.1 Å². The van der Waals surface area contributed by atoms with Gasteiger partial charge in [0.05, 0.1) is 11.5 Å². The van der Waals surface area contributed by atoms with Gasteiger partial charge in [0.15, 0.2) is 0 Å². The van der Waals surface area contributed by atoms with Crippen molar-refractivity contribution in [3.63, 3.8) is 0 Å². The Labute approximate surface area is 206 Å². The maximum absolute atomic E-state index is 13.4. The molecule has 35 heavy (non-hydrogen) atoms. The van der Waals surface area contributed by atoms with Crippen molar-refractivity contribution in [1.29, 1.82) is 0 Å². The van der Waals surface area contributed by atoms with Crippen LogP contribution in [-0.4, -0.2) is 77.5 Å². The molecule has 2 atom stereocenters. The molecule has 2 aliphatic carbocycles. The number of hydrogen-bond acceptors (Lipinski definition) is 7. The molecular formula is C25H37N5O5. The Hall–Kier alpha value is -2.56. The number of nitrogens with zero attached hydrogens (tertiary/aromatic N) is 3. The summed E-state index contributed by atoms with van der Waals surface area (Å²) in [5.41, 5.74) is 7.01. The molecule has 4 rings (SSSR count). The van der Waals surface area contributed by atoms with Crippen molar-refractivity contribution in [3.8, 4) is 0 Å². The second kappa shape index (κ2) is 11.5. The molecule has 2 unspecified atom stereocenters. The van der Waals surface area contributed by atoms with Gasteiger partial charge in [0.25, 0.3) is 5.69 Å². The van der Waals surface area contributed by atoms with E-state index in [2.05, 4.69) is 10.2 Å². The molecule has 0 bridgehead atoms. The van der Waals surface area contributed by atoms with Crippen LogP contribution in [0.1, 0.15) is 50.5 Å². The molecule has 1 saturated heterocycles. The Balaban J connectivity index is 1.47. The van der Waals surface area contributed by atoms with Crippen molar-refractivity contribution in [2.75, 3.05) is 26.8 Å². The lowest BCUT2D eigenvalue weighted by molar-refractivity contribution is -0.384. The number of nitrogens with one attached hydrogen (secondary N) is 1. The number of non-ortho nitro benzene ring substituents is 1. The fourth-order valence-electron chi connectivity index (χ4n) is 5.25. The van der Waals surface area contributed by atoms with Crippen molar-refractivity contribution in [2.45, 2.75) is 75.7 Å². The lowest BCUT2D eigenvalue weighted by atomic mass is 9.91. The van der Waals surface area contributed by atoms with E-state index in [1.165, 1.54) is 12.1 Å². The first-order valence-corrected chi connectivity index (χ1v) is 12.7. The zero-order valence-corrected chi connectivity index (χ0v) is 20.4. The van der Waals surface area contributed by atoms with Crippen LogP contribution >= 0.6 is 0 Å². The van der Waals surface area contributed by atoms with Crippen molar-refractivity contribution in [2.24, 2.45) is 11.7 Å². The number of nitro benzene ring substituents is 1. The van der Waals surface area contributed by atoms with E-state index < -0.39 is 11.0 Å². The molecule has 0 aromatic heterocycles. The van der Waals surface area contributed by atoms with E-state index in [0.717, 1.165) is 44.1 Å². The van der Waals surface area contributed by atoms with Gasteiger partial charge in [-0.15, -0.1) is 0 Å². The maximum atomic E-state index is 13.4. The summed E-state index contributed by atoms with van der Waals surface area (Å²) in [7, 11) is 1.65. The van der Waals surface area contributed by atoms with E-state index in [9.17, 15) is 19.7 Å². The molecule has 10 nitrogen and oxygen atoms in total. The second-order valence-electron chi connectivity index (χ2n) is 10.2. The van der Waals surface area contributed by atoms with Crippen molar-refractivity contribution in [1.82, 2.24) is 15.1 Å². The van der Waals surface area contributed by atoms with Crippen LogP contribution in [0.4, 0.5) is 5.69 Å². The lowest BCUT2D eigenvalue weighted by Crippen LogP contribution is -2.50. The molecule has 0 radical (unpaired) electrons. The third-order valence-electron chi connectivity index (χ3n) is 7.54. The van der Waals surface area contributed by atoms with Crippen molar-refractivity contribution < 1.29 is 19.2 Å². The maximum Gasteiger partial charge on any atom is 0.269 e. The number of methoxy groups -OCH3 is 1. The van der Waals surface area contributed by atoms with Crippen LogP contribution in [0.25, 0.3) is 0 Å². The van der Waals surface area contributed by atoms with Crippen LogP contribution in [0.5, 0.6) is 0 Å². The highest BCUT2D eigenvalue weighted by atomic mass is 16.6. The van der Waals surface area contributed by atoms with E-state index in [4.69, 9.17) is 10.5 Å². The first-order chi connectivity index (χ1) is 16.9. The third kappa shape index (κ3) is 6.56. The van der Waals surface area contributed by atoms with E-state index in [0.29, 0.717) is 32.7 Å². The highest BCUT2D eigenvalue weighted by molar-refractivity contribution is 5.90. The van der Waals surface area contributed by atoms with Gasteiger partial charge in [-0.05, 0) is 50.5 Å². The van der Waals surface area contributed by atoms with Gasteiger partial charge >= 0.3 is 0 Å². The van der Waals surface area contributed by atoms with E-state index in [-0.39, 0.29) is 41.5 Å². The molecule has 2 saturated carbocycles. The van der Waals surface area contributed by atoms with Gasteiger partial charge in [-0.3, -0.25) is 24.6 Å². The van der Waals surface area contributed by atoms with Gasteiger partial charge < -0.3 is 20.7 Å². The topological polar surface area (TPSA) is 131 Å². The number of hydrogen-bond donors (Lipinski definition) is 2. The minimum atomic E-state index is -0.481. The molecule has 10 heteroatoms. The molecule has 192 valence electrons. The van der Waals surface area contributed by atoms with Gasteiger partial charge in [-0.2, -0.15) is 0 Å². The molecule has 3 N–H and O–H groups in total. The number of nitro groups is 1. The number of benzene rings is 1. The second-order valence-corrected chi connectivity index (χ2v) is 10.2. The number of likely N-dealkylation sites (tertiary alicyclic amines) is 1. The Morgan fingerprint density at radius 3 is 2.46 bits per heavy atom. The van der Waals surface area contributed by atoms with Gasteiger partial charge in [0.1, 0.15) is 6.04 Å². The summed E-state index contributed by atoms with van der Waals surface area (Å²) in [6, 6.07) is 6.38. The van der Waals surface area contributed by atoms with E-state index in [1.54, 1.807) is 24.1 Å². The summed E-state index contributed by atoms with van der Waals surface area (Å²) < 4.78 is 5.33. The van der Waals surface area contributed by atoms with Gasteiger partial charge in [-0.1, -0.05) is 12.1 Å². The SMILES string of the molecule is COCCN(Cc1ccc([N+](=O)[O-])cc1)C1CC(C(=O)NC2CCC(N)CC2)N(C(=O)C2CC2)C1. The predicted molar refractivity (Wildman–Crippen MR) is 130 cm³/mol. The number of nitrogens with two attached hydrogens (primary N) is 1. The number of carbonyl (C=O) groups excluding carboxylic acids is 2. The molecule has 1 aromatic carbocycles. The highest BCUT2D eigenvalue weighted by Gasteiger charge is 2.46. The van der Waals surface area contributed by atoms with Crippen LogP contribution in [-0.2, 0) is 20.9 Å². The summed E-state index contributed by atoms with van der Waals surface area (Å²) in [6.45, 7) is 2.21. The normalized spacial score (nSPS) is 26.7.